The summed E-state index contributed by atoms with van der Waals surface area (Å²) in [6, 6.07) is 11.4. The summed E-state index contributed by atoms with van der Waals surface area (Å²) in [5, 5.41) is 16.2. The Labute approximate surface area is 123 Å². The highest BCUT2D eigenvalue weighted by Crippen LogP contribution is 2.35. The predicted octanol–water partition coefficient (Wildman–Crippen LogP) is 4.18. The van der Waals surface area contributed by atoms with E-state index >= 15 is 0 Å². The van der Waals surface area contributed by atoms with Crippen LogP contribution in [-0.4, -0.2) is 15.2 Å². The van der Waals surface area contributed by atoms with Crippen molar-refractivity contribution in [3.8, 4) is 17.2 Å². The Morgan fingerprint density at radius 1 is 1.10 bits per heavy atom. The lowest BCUT2D eigenvalue weighted by atomic mass is 9.92. The van der Waals surface area contributed by atoms with Crippen molar-refractivity contribution >= 4 is 10.8 Å². The van der Waals surface area contributed by atoms with Gasteiger partial charge in [0.05, 0.1) is 5.56 Å². The normalized spacial score (nSPS) is 12.0. The van der Waals surface area contributed by atoms with E-state index in [2.05, 4.69) is 30.9 Å². The van der Waals surface area contributed by atoms with E-state index < -0.39 is 0 Å². The molecule has 0 saturated heterocycles. The highest BCUT2D eigenvalue weighted by Gasteiger charge is 2.19. The number of phenolic OH excluding ortho intramolecular Hbond substituents is 1. The van der Waals surface area contributed by atoms with Crippen LogP contribution in [0.25, 0.3) is 22.2 Å². The molecule has 0 atom stereocenters. The van der Waals surface area contributed by atoms with Crippen LogP contribution in [0.3, 0.4) is 0 Å². The Morgan fingerprint density at radius 2 is 1.86 bits per heavy atom. The van der Waals surface area contributed by atoms with E-state index in [0.717, 1.165) is 17.2 Å². The molecule has 3 rings (SSSR count). The SMILES string of the molecule is CC(C)(C)Cc1noc(-c2ccc3ccccc3c2O)n1. The number of benzene rings is 2. The van der Waals surface area contributed by atoms with Crippen molar-refractivity contribution < 1.29 is 9.63 Å². The standard InChI is InChI=1S/C17H18N2O2/c1-17(2,3)10-14-18-16(21-19-14)13-9-8-11-6-4-5-7-12(11)15(13)20/h4-9,20H,10H2,1-3H3. The Morgan fingerprint density at radius 3 is 2.62 bits per heavy atom. The summed E-state index contributed by atoms with van der Waals surface area (Å²) in [5.74, 6) is 1.20. The monoisotopic (exact) mass is 282 g/mol. The molecule has 0 radical (unpaired) electrons. The van der Waals surface area contributed by atoms with Crippen molar-refractivity contribution in [1.82, 2.24) is 10.1 Å². The fraction of sp³-hybridized carbons (Fsp3) is 0.294. The van der Waals surface area contributed by atoms with E-state index in [4.69, 9.17) is 4.52 Å². The van der Waals surface area contributed by atoms with Crippen molar-refractivity contribution in [2.45, 2.75) is 27.2 Å². The largest absolute Gasteiger partial charge is 0.506 e. The molecule has 1 N–H and O–H groups in total. The van der Waals surface area contributed by atoms with Gasteiger partial charge in [0.2, 0.25) is 0 Å². The molecule has 4 nitrogen and oxygen atoms in total. The third kappa shape index (κ3) is 2.75. The van der Waals surface area contributed by atoms with Gasteiger partial charge < -0.3 is 9.63 Å². The maximum absolute atomic E-state index is 10.4. The highest BCUT2D eigenvalue weighted by atomic mass is 16.5. The highest BCUT2D eigenvalue weighted by molar-refractivity contribution is 5.93. The third-order valence-corrected chi connectivity index (χ3v) is 3.29. The minimum atomic E-state index is 0.0899. The van der Waals surface area contributed by atoms with Crippen LogP contribution in [0.4, 0.5) is 0 Å². The van der Waals surface area contributed by atoms with Gasteiger partial charge in [-0.05, 0) is 16.9 Å². The van der Waals surface area contributed by atoms with Crippen molar-refractivity contribution in [3.63, 3.8) is 0 Å². The topological polar surface area (TPSA) is 59.2 Å². The molecular weight excluding hydrogens is 264 g/mol. The Bertz CT molecular complexity index is 785. The molecule has 0 aliphatic heterocycles. The van der Waals surface area contributed by atoms with Crippen LogP contribution in [0.2, 0.25) is 0 Å². The van der Waals surface area contributed by atoms with Gasteiger partial charge >= 0.3 is 0 Å². The molecule has 0 fully saturated rings. The Kier molecular flexibility index (Phi) is 3.16. The summed E-state index contributed by atoms with van der Waals surface area (Å²) in [6.45, 7) is 6.36. The quantitative estimate of drug-likeness (QED) is 0.765. The van der Waals surface area contributed by atoms with E-state index in [9.17, 15) is 5.11 Å². The van der Waals surface area contributed by atoms with Gasteiger partial charge in [-0.15, -0.1) is 0 Å². The zero-order valence-corrected chi connectivity index (χ0v) is 12.4. The summed E-state index contributed by atoms with van der Waals surface area (Å²) < 4.78 is 5.31. The number of rotatable bonds is 2. The minimum Gasteiger partial charge on any atom is -0.506 e. The number of aromatic hydroxyl groups is 1. The molecule has 0 unspecified atom stereocenters. The summed E-state index contributed by atoms with van der Waals surface area (Å²) in [4.78, 5) is 4.40. The lowest BCUT2D eigenvalue weighted by molar-refractivity contribution is 0.374. The van der Waals surface area contributed by atoms with Crippen LogP contribution in [0.1, 0.15) is 26.6 Å². The molecule has 108 valence electrons. The molecule has 1 aromatic heterocycles. The van der Waals surface area contributed by atoms with Crippen LogP contribution in [0.15, 0.2) is 40.9 Å². The summed E-state index contributed by atoms with van der Waals surface area (Å²) >= 11 is 0. The van der Waals surface area contributed by atoms with E-state index in [1.165, 1.54) is 0 Å². The predicted molar refractivity (Wildman–Crippen MR) is 82.1 cm³/mol. The van der Waals surface area contributed by atoms with E-state index in [-0.39, 0.29) is 11.2 Å². The lowest BCUT2D eigenvalue weighted by Gasteiger charge is -2.14. The zero-order chi connectivity index (χ0) is 15.0. The van der Waals surface area contributed by atoms with Crippen LogP contribution in [0.5, 0.6) is 5.75 Å². The molecule has 0 aliphatic rings. The number of aromatic nitrogens is 2. The molecule has 0 saturated carbocycles. The first-order valence-corrected chi connectivity index (χ1v) is 6.98. The molecule has 21 heavy (non-hydrogen) atoms. The van der Waals surface area contributed by atoms with Gasteiger partial charge in [0.15, 0.2) is 5.82 Å². The first kappa shape index (κ1) is 13.6. The van der Waals surface area contributed by atoms with Crippen molar-refractivity contribution in [2.75, 3.05) is 0 Å². The first-order valence-electron chi connectivity index (χ1n) is 6.98. The molecule has 0 aliphatic carbocycles. The molecule has 4 heteroatoms. The Balaban J connectivity index is 2.03. The molecule has 2 aromatic carbocycles. The third-order valence-electron chi connectivity index (χ3n) is 3.29. The fourth-order valence-corrected chi connectivity index (χ4v) is 2.34. The lowest BCUT2D eigenvalue weighted by Crippen LogP contribution is -2.10. The van der Waals surface area contributed by atoms with Gasteiger partial charge in [-0.25, -0.2) is 0 Å². The summed E-state index contributed by atoms with van der Waals surface area (Å²) in [5.41, 5.74) is 0.661. The van der Waals surface area contributed by atoms with Gasteiger partial charge in [-0.1, -0.05) is 56.3 Å². The van der Waals surface area contributed by atoms with Crippen molar-refractivity contribution in [2.24, 2.45) is 5.41 Å². The van der Waals surface area contributed by atoms with Crippen molar-refractivity contribution in [1.29, 1.82) is 0 Å². The average molecular weight is 282 g/mol. The first-order chi connectivity index (χ1) is 9.94. The number of hydrogen-bond donors (Lipinski definition) is 1. The van der Waals surface area contributed by atoms with Gasteiger partial charge in [-0.2, -0.15) is 4.98 Å². The Hall–Kier alpha value is -2.36. The second-order valence-electron chi connectivity index (χ2n) is 6.44. The smallest absolute Gasteiger partial charge is 0.261 e. The molecule has 3 aromatic rings. The van der Waals surface area contributed by atoms with Gasteiger partial charge in [0.1, 0.15) is 5.75 Å². The van der Waals surface area contributed by atoms with E-state index in [0.29, 0.717) is 17.3 Å². The maximum atomic E-state index is 10.4. The second kappa shape index (κ2) is 4.88. The second-order valence-corrected chi connectivity index (χ2v) is 6.44. The molecule has 0 bridgehead atoms. The van der Waals surface area contributed by atoms with Crippen LogP contribution in [0, 0.1) is 5.41 Å². The van der Waals surface area contributed by atoms with Crippen LogP contribution < -0.4 is 0 Å². The van der Waals surface area contributed by atoms with Crippen LogP contribution >= 0.6 is 0 Å². The van der Waals surface area contributed by atoms with Crippen molar-refractivity contribution in [3.05, 3.63) is 42.2 Å². The maximum Gasteiger partial charge on any atom is 0.261 e. The van der Waals surface area contributed by atoms with E-state index in [1.54, 1.807) is 0 Å². The molecule has 0 amide bonds. The molecular formula is C17H18N2O2. The average Bonchev–Trinajstić information content (AvgIpc) is 2.85. The molecule has 1 heterocycles. The van der Waals surface area contributed by atoms with E-state index in [1.807, 2.05) is 36.4 Å². The summed E-state index contributed by atoms with van der Waals surface area (Å²) in [7, 11) is 0. The number of hydrogen-bond acceptors (Lipinski definition) is 4. The number of nitrogens with zero attached hydrogens (tertiary/aromatic N) is 2. The van der Waals surface area contributed by atoms with Gasteiger partial charge in [0, 0.05) is 11.8 Å². The van der Waals surface area contributed by atoms with Gasteiger partial charge in [-0.3, -0.25) is 0 Å². The fourth-order valence-electron chi connectivity index (χ4n) is 2.34. The van der Waals surface area contributed by atoms with Gasteiger partial charge in [0.25, 0.3) is 5.89 Å². The number of fused-ring (bicyclic) bond motifs is 1. The summed E-state index contributed by atoms with van der Waals surface area (Å²) in [6.07, 6.45) is 0.727. The van der Waals surface area contributed by atoms with Crippen LogP contribution in [-0.2, 0) is 6.42 Å². The molecule has 0 spiro atoms. The zero-order valence-electron chi connectivity index (χ0n) is 12.4. The minimum absolute atomic E-state index is 0.0899. The number of phenols is 1.